The molecule has 0 spiro atoms. The summed E-state index contributed by atoms with van der Waals surface area (Å²) < 4.78 is 28.9. The Morgan fingerprint density at radius 3 is 2.85 bits per heavy atom. The highest BCUT2D eigenvalue weighted by atomic mass is 32.1. The standard InChI is InChI=1S/C36H36FN5O3S/c1-4-32(43)41-13-10-28(22-41)42-21-26(19-38-42)35-33(29-8-7-27(37)18-31(29)45-15-14-44-3)36-30(11-16-46-36)34(39-35)24-5-6-25-20-40(2)12-9-23(25)17-24/h4-8,11,16-19,21,28H,1,9-10,12-15,20,22H2,2-3H3. The maximum Gasteiger partial charge on any atom is 0.246 e. The minimum absolute atomic E-state index is 0.0450. The summed E-state index contributed by atoms with van der Waals surface area (Å²) in [6.45, 7) is 7.49. The minimum Gasteiger partial charge on any atom is -0.490 e. The van der Waals surface area contributed by atoms with E-state index in [1.165, 1.54) is 29.3 Å². The number of amides is 1. The highest BCUT2D eigenvalue weighted by molar-refractivity contribution is 7.18. The number of hydrogen-bond acceptors (Lipinski definition) is 7. The van der Waals surface area contributed by atoms with E-state index in [4.69, 9.17) is 19.6 Å². The van der Waals surface area contributed by atoms with Crippen molar-refractivity contribution >= 4 is 27.3 Å². The Kier molecular flexibility index (Phi) is 8.42. The number of aromatic nitrogens is 3. The van der Waals surface area contributed by atoms with Gasteiger partial charge < -0.3 is 19.3 Å². The molecule has 3 aromatic heterocycles. The first-order valence-electron chi connectivity index (χ1n) is 15.5. The SMILES string of the molecule is C=CC(=O)N1CCC(n2cc(-c3nc(-c4ccc5c(c4)CCN(C)C5)c4ccsc4c3-c3ccc(F)cc3OCCOC)cn2)C1. The van der Waals surface area contributed by atoms with Crippen LogP contribution in [-0.2, 0) is 22.5 Å². The Morgan fingerprint density at radius 1 is 1.11 bits per heavy atom. The average Bonchev–Trinajstić information content (AvgIpc) is 3.85. The zero-order chi connectivity index (χ0) is 31.8. The Morgan fingerprint density at radius 2 is 2.00 bits per heavy atom. The summed E-state index contributed by atoms with van der Waals surface area (Å²) >= 11 is 1.63. The summed E-state index contributed by atoms with van der Waals surface area (Å²) in [5, 5.41) is 7.88. The van der Waals surface area contributed by atoms with Crippen molar-refractivity contribution in [1.29, 1.82) is 0 Å². The number of rotatable bonds is 9. The Bertz CT molecular complexity index is 1930. The second kappa shape index (κ2) is 12.8. The largest absolute Gasteiger partial charge is 0.490 e. The normalized spacial score (nSPS) is 16.6. The summed E-state index contributed by atoms with van der Waals surface area (Å²) in [4.78, 5) is 21.8. The lowest BCUT2D eigenvalue weighted by Gasteiger charge is -2.25. The van der Waals surface area contributed by atoms with E-state index in [9.17, 15) is 9.18 Å². The van der Waals surface area contributed by atoms with Crippen molar-refractivity contribution in [2.24, 2.45) is 0 Å². The second-order valence-corrected chi connectivity index (χ2v) is 12.9. The van der Waals surface area contributed by atoms with E-state index < -0.39 is 0 Å². The third-order valence-electron chi connectivity index (χ3n) is 8.95. The third kappa shape index (κ3) is 5.72. The van der Waals surface area contributed by atoms with Crippen LogP contribution in [0.4, 0.5) is 4.39 Å². The van der Waals surface area contributed by atoms with E-state index >= 15 is 0 Å². The van der Waals surface area contributed by atoms with Gasteiger partial charge in [0.15, 0.2) is 0 Å². The molecule has 0 radical (unpaired) electrons. The number of nitrogens with zero attached hydrogens (tertiary/aromatic N) is 5. The molecule has 1 atom stereocenters. The predicted molar refractivity (Wildman–Crippen MR) is 180 cm³/mol. The molecule has 46 heavy (non-hydrogen) atoms. The van der Waals surface area contributed by atoms with Gasteiger partial charge in [-0.1, -0.05) is 18.7 Å². The van der Waals surface area contributed by atoms with Crippen LogP contribution in [0.3, 0.4) is 0 Å². The molecule has 1 unspecified atom stereocenters. The highest BCUT2D eigenvalue weighted by Crippen LogP contribution is 2.46. The van der Waals surface area contributed by atoms with E-state index in [1.807, 2.05) is 17.1 Å². The molecule has 0 saturated carbocycles. The maximum atomic E-state index is 14.6. The zero-order valence-electron chi connectivity index (χ0n) is 26.0. The number of methoxy groups -OCH3 is 1. The molecular formula is C36H36FN5O3S. The lowest BCUT2D eigenvalue weighted by atomic mass is 9.93. The van der Waals surface area contributed by atoms with E-state index in [0.29, 0.717) is 25.4 Å². The molecule has 1 amide bonds. The van der Waals surface area contributed by atoms with Gasteiger partial charge in [-0.15, -0.1) is 11.3 Å². The van der Waals surface area contributed by atoms with Crippen molar-refractivity contribution in [3.63, 3.8) is 0 Å². The van der Waals surface area contributed by atoms with Gasteiger partial charge in [-0.3, -0.25) is 9.48 Å². The van der Waals surface area contributed by atoms with E-state index in [2.05, 4.69) is 48.2 Å². The first kappa shape index (κ1) is 30.3. The van der Waals surface area contributed by atoms with Crippen molar-refractivity contribution < 1.29 is 18.7 Å². The number of carbonyl (C=O) groups excluding carboxylic acids is 1. The molecule has 0 aliphatic carbocycles. The van der Waals surface area contributed by atoms with Crippen molar-refractivity contribution in [1.82, 2.24) is 24.6 Å². The Labute approximate surface area is 271 Å². The molecule has 0 bridgehead atoms. The van der Waals surface area contributed by atoms with Gasteiger partial charge in [-0.2, -0.15) is 5.10 Å². The molecule has 1 saturated heterocycles. The maximum absolute atomic E-state index is 14.6. The molecule has 5 heterocycles. The number of likely N-dealkylation sites (tertiary alicyclic amines) is 1. The summed E-state index contributed by atoms with van der Waals surface area (Å²) in [7, 11) is 3.76. The molecule has 2 aromatic carbocycles. The number of likely N-dealkylation sites (N-methyl/N-ethyl adjacent to an activating group) is 1. The number of hydrogen-bond donors (Lipinski definition) is 0. The van der Waals surface area contributed by atoms with Crippen LogP contribution >= 0.6 is 11.3 Å². The van der Waals surface area contributed by atoms with Gasteiger partial charge in [0.2, 0.25) is 5.91 Å². The van der Waals surface area contributed by atoms with Crippen LogP contribution in [0.25, 0.3) is 43.7 Å². The van der Waals surface area contributed by atoms with Crippen LogP contribution in [0.2, 0.25) is 0 Å². The number of halogens is 1. The van der Waals surface area contributed by atoms with Crippen LogP contribution in [0.1, 0.15) is 23.6 Å². The van der Waals surface area contributed by atoms with E-state index in [1.54, 1.807) is 29.4 Å². The molecule has 2 aliphatic heterocycles. The molecule has 236 valence electrons. The molecule has 0 N–H and O–H groups in total. The minimum atomic E-state index is -0.378. The van der Waals surface area contributed by atoms with Crippen LogP contribution < -0.4 is 4.74 Å². The van der Waals surface area contributed by atoms with Crippen LogP contribution in [0.15, 0.2) is 72.9 Å². The first-order chi connectivity index (χ1) is 22.4. The van der Waals surface area contributed by atoms with Gasteiger partial charge in [0, 0.05) is 77.9 Å². The Balaban J connectivity index is 1.39. The lowest BCUT2D eigenvalue weighted by molar-refractivity contribution is -0.125. The summed E-state index contributed by atoms with van der Waals surface area (Å²) in [6, 6.07) is 13.5. The summed E-state index contributed by atoms with van der Waals surface area (Å²) in [5.41, 5.74) is 7.88. The van der Waals surface area contributed by atoms with Gasteiger partial charge in [0.1, 0.15) is 18.2 Å². The van der Waals surface area contributed by atoms with Crippen molar-refractivity contribution in [3.8, 4) is 39.4 Å². The van der Waals surface area contributed by atoms with Gasteiger partial charge in [0.05, 0.1) is 30.2 Å². The lowest BCUT2D eigenvalue weighted by Crippen LogP contribution is -2.27. The zero-order valence-corrected chi connectivity index (χ0v) is 26.9. The molecule has 8 nitrogen and oxygen atoms in total. The fourth-order valence-electron chi connectivity index (χ4n) is 6.55. The van der Waals surface area contributed by atoms with Gasteiger partial charge >= 0.3 is 0 Å². The molecule has 2 aliphatic rings. The molecule has 1 fully saturated rings. The second-order valence-electron chi connectivity index (χ2n) is 11.9. The monoisotopic (exact) mass is 637 g/mol. The number of benzene rings is 2. The third-order valence-corrected chi connectivity index (χ3v) is 9.88. The number of pyridine rings is 1. The van der Waals surface area contributed by atoms with E-state index in [-0.39, 0.29) is 24.4 Å². The average molecular weight is 638 g/mol. The fraction of sp³-hybridized carbons (Fsp3) is 0.306. The fourth-order valence-corrected chi connectivity index (χ4v) is 7.51. The Hall–Kier alpha value is -4.38. The topological polar surface area (TPSA) is 72.7 Å². The molecule has 10 heteroatoms. The number of fused-ring (bicyclic) bond motifs is 2. The first-order valence-corrected chi connectivity index (χ1v) is 16.4. The molecular weight excluding hydrogens is 601 g/mol. The smallest absolute Gasteiger partial charge is 0.246 e. The van der Waals surface area contributed by atoms with Gasteiger partial charge in [-0.05, 0) is 66.7 Å². The van der Waals surface area contributed by atoms with Crippen molar-refractivity contribution in [2.45, 2.75) is 25.4 Å². The van der Waals surface area contributed by atoms with Crippen LogP contribution in [-0.4, -0.2) is 77.5 Å². The van der Waals surface area contributed by atoms with E-state index in [0.717, 1.165) is 69.7 Å². The van der Waals surface area contributed by atoms with Crippen molar-refractivity contribution in [2.75, 3.05) is 47.0 Å². The molecule has 7 rings (SSSR count). The number of thiophene rings is 1. The van der Waals surface area contributed by atoms with Crippen LogP contribution in [0, 0.1) is 5.82 Å². The van der Waals surface area contributed by atoms with Gasteiger partial charge in [0.25, 0.3) is 0 Å². The van der Waals surface area contributed by atoms with Crippen LogP contribution in [0.5, 0.6) is 5.75 Å². The number of ether oxygens (including phenoxy) is 2. The van der Waals surface area contributed by atoms with Crippen molar-refractivity contribution in [3.05, 3.63) is 89.8 Å². The number of carbonyl (C=O) groups is 1. The van der Waals surface area contributed by atoms with Gasteiger partial charge in [-0.25, -0.2) is 9.37 Å². The summed E-state index contributed by atoms with van der Waals surface area (Å²) in [5.74, 6) is -0.0139. The quantitative estimate of drug-likeness (QED) is 0.134. The predicted octanol–water partition coefficient (Wildman–Crippen LogP) is 6.61. The highest BCUT2D eigenvalue weighted by Gasteiger charge is 2.28. The molecule has 5 aromatic rings. The summed E-state index contributed by atoms with van der Waals surface area (Å²) in [6.07, 6.45) is 7.01.